The van der Waals surface area contributed by atoms with Crippen LogP contribution in [0.4, 0.5) is 23.0 Å². The molecular formula is C15H17N5O3. The summed E-state index contributed by atoms with van der Waals surface area (Å²) in [4.78, 5) is 29.4. The van der Waals surface area contributed by atoms with Crippen molar-refractivity contribution >= 4 is 28.9 Å². The van der Waals surface area contributed by atoms with Crippen LogP contribution in [0.2, 0.25) is 0 Å². The van der Waals surface area contributed by atoms with Gasteiger partial charge < -0.3 is 10.6 Å². The van der Waals surface area contributed by atoms with Crippen molar-refractivity contribution in [2.45, 2.75) is 20.3 Å². The van der Waals surface area contributed by atoms with E-state index in [2.05, 4.69) is 20.6 Å². The number of aromatic nitrogens is 2. The molecule has 0 radical (unpaired) electrons. The second-order valence-corrected chi connectivity index (χ2v) is 5.37. The topological polar surface area (TPSA) is 110 Å². The zero-order valence-electron chi connectivity index (χ0n) is 12.8. The Labute approximate surface area is 133 Å². The summed E-state index contributed by atoms with van der Waals surface area (Å²) in [7, 11) is 0. The number of rotatable bonds is 6. The summed E-state index contributed by atoms with van der Waals surface area (Å²) in [5.41, 5.74) is 1.24. The number of benzene rings is 1. The summed E-state index contributed by atoms with van der Waals surface area (Å²) in [6.45, 7) is 3.97. The monoisotopic (exact) mass is 315 g/mol. The fourth-order valence-electron chi connectivity index (χ4n) is 1.83. The van der Waals surface area contributed by atoms with Gasteiger partial charge in [-0.3, -0.25) is 14.9 Å². The highest BCUT2D eigenvalue weighted by molar-refractivity contribution is 5.91. The lowest BCUT2D eigenvalue weighted by Gasteiger charge is -2.08. The molecule has 8 nitrogen and oxygen atoms in total. The molecule has 23 heavy (non-hydrogen) atoms. The van der Waals surface area contributed by atoms with Gasteiger partial charge in [0.1, 0.15) is 12.4 Å². The maximum absolute atomic E-state index is 11.7. The summed E-state index contributed by atoms with van der Waals surface area (Å²) in [5.74, 6) is 0.529. The molecule has 0 aliphatic rings. The Hall–Kier alpha value is -3.03. The lowest BCUT2D eigenvalue weighted by molar-refractivity contribution is -0.385. The van der Waals surface area contributed by atoms with E-state index in [1.807, 2.05) is 13.8 Å². The molecule has 0 unspecified atom stereocenters. The molecule has 0 saturated carbocycles. The van der Waals surface area contributed by atoms with Gasteiger partial charge in [0.15, 0.2) is 0 Å². The van der Waals surface area contributed by atoms with Crippen LogP contribution in [-0.4, -0.2) is 20.8 Å². The first-order chi connectivity index (χ1) is 10.9. The molecule has 1 heterocycles. The minimum absolute atomic E-state index is 0.0283. The Balaban J connectivity index is 1.97. The minimum atomic E-state index is -0.557. The van der Waals surface area contributed by atoms with Gasteiger partial charge in [0.25, 0.3) is 0 Å². The fourth-order valence-corrected chi connectivity index (χ4v) is 1.83. The number of nitro groups is 1. The molecule has 0 atom stereocenters. The lowest BCUT2D eigenvalue weighted by atomic mass is 10.1. The second kappa shape index (κ2) is 7.30. The number of amides is 1. The molecule has 0 aliphatic heterocycles. The smallest absolute Gasteiger partial charge is 0.305 e. The van der Waals surface area contributed by atoms with Gasteiger partial charge in [-0.1, -0.05) is 13.8 Å². The van der Waals surface area contributed by atoms with Gasteiger partial charge in [-0.15, -0.1) is 0 Å². The summed E-state index contributed by atoms with van der Waals surface area (Å²) >= 11 is 0. The van der Waals surface area contributed by atoms with Crippen molar-refractivity contribution < 1.29 is 9.72 Å². The summed E-state index contributed by atoms with van der Waals surface area (Å²) < 4.78 is 0. The van der Waals surface area contributed by atoms with Crippen LogP contribution in [0.3, 0.4) is 0 Å². The van der Waals surface area contributed by atoms with Gasteiger partial charge in [-0.05, 0) is 30.2 Å². The molecule has 1 amide bonds. The third-order valence-electron chi connectivity index (χ3n) is 2.87. The number of carbonyl (C=O) groups is 1. The first kappa shape index (κ1) is 16.3. The van der Waals surface area contributed by atoms with Crippen LogP contribution in [0.25, 0.3) is 0 Å². The van der Waals surface area contributed by atoms with E-state index in [0.717, 1.165) is 12.4 Å². The van der Waals surface area contributed by atoms with E-state index in [9.17, 15) is 14.9 Å². The fraction of sp³-hybridized carbons (Fsp3) is 0.267. The average Bonchev–Trinajstić information content (AvgIpc) is 2.49. The molecule has 8 heteroatoms. The van der Waals surface area contributed by atoms with Gasteiger partial charge in [-0.25, -0.2) is 9.97 Å². The summed E-state index contributed by atoms with van der Waals surface area (Å²) in [5, 5.41) is 16.3. The zero-order chi connectivity index (χ0) is 16.8. The predicted octanol–water partition coefficient (Wildman–Crippen LogP) is 3.11. The Morgan fingerprint density at radius 3 is 2.26 bits per heavy atom. The van der Waals surface area contributed by atoms with Crippen molar-refractivity contribution in [3.63, 3.8) is 0 Å². The molecule has 0 aliphatic carbocycles. The second-order valence-electron chi connectivity index (χ2n) is 5.37. The average molecular weight is 315 g/mol. The van der Waals surface area contributed by atoms with E-state index in [0.29, 0.717) is 23.7 Å². The van der Waals surface area contributed by atoms with Gasteiger partial charge in [0.05, 0.1) is 4.92 Å². The summed E-state index contributed by atoms with van der Waals surface area (Å²) in [6, 6.07) is 7.03. The van der Waals surface area contributed by atoms with Crippen molar-refractivity contribution in [2.24, 2.45) is 5.92 Å². The highest BCUT2D eigenvalue weighted by Gasteiger charge is 2.07. The Morgan fingerprint density at radius 1 is 1.17 bits per heavy atom. The maximum atomic E-state index is 11.7. The van der Waals surface area contributed by atoms with Crippen LogP contribution in [0.1, 0.15) is 20.3 Å². The third kappa shape index (κ3) is 5.03. The third-order valence-corrected chi connectivity index (χ3v) is 2.87. The predicted molar refractivity (Wildman–Crippen MR) is 86.5 cm³/mol. The number of hydrogen-bond acceptors (Lipinski definition) is 6. The molecule has 0 spiro atoms. The molecule has 2 rings (SSSR count). The lowest BCUT2D eigenvalue weighted by Crippen LogP contribution is -2.13. The van der Waals surface area contributed by atoms with Crippen LogP contribution in [0.15, 0.2) is 36.7 Å². The Bertz CT molecular complexity index is 683. The minimum Gasteiger partial charge on any atom is -0.326 e. The van der Waals surface area contributed by atoms with E-state index in [-0.39, 0.29) is 17.5 Å². The van der Waals surface area contributed by atoms with Gasteiger partial charge >= 0.3 is 5.69 Å². The van der Waals surface area contributed by atoms with Crippen LogP contribution in [0.5, 0.6) is 0 Å². The van der Waals surface area contributed by atoms with Gasteiger partial charge in [0, 0.05) is 17.8 Å². The molecule has 0 fully saturated rings. The molecule has 2 aromatic rings. The molecule has 0 saturated heterocycles. The van der Waals surface area contributed by atoms with Crippen LogP contribution >= 0.6 is 0 Å². The van der Waals surface area contributed by atoms with Crippen molar-refractivity contribution in [1.29, 1.82) is 0 Å². The van der Waals surface area contributed by atoms with E-state index < -0.39 is 4.92 Å². The van der Waals surface area contributed by atoms with Crippen LogP contribution in [-0.2, 0) is 4.79 Å². The van der Waals surface area contributed by atoms with E-state index >= 15 is 0 Å². The standard InChI is InChI=1S/C15H17N5O3/c1-10(2)7-14(21)18-11-3-5-12(6-4-11)19-15-16-8-13(9-17-15)20(22)23/h3-6,8-10H,7H2,1-2H3,(H,18,21)(H,16,17,19). The SMILES string of the molecule is CC(C)CC(=O)Nc1ccc(Nc2ncc([N+](=O)[O-])cn2)cc1. The quantitative estimate of drug-likeness (QED) is 0.626. The molecule has 120 valence electrons. The van der Waals surface area contributed by atoms with Crippen molar-refractivity contribution in [3.8, 4) is 0 Å². The van der Waals surface area contributed by atoms with Crippen LogP contribution in [0, 0.1) is 16.0 Å². The van der Waals surface area contributed by atoms with Gasteiger partial charge in [0.2, 0.25) is 11.9 Å². The highest BCUT2D eigenvalue weighted by Crippen LogP contribution is 2.18. The first-order valence-corrected chi connectivity index (χ1v) is 7.07. The highest BCUT2D eigenvalue weighted by atomic mass is 16.6. The van der Waals surface area contributed by atoms with Crippen molar-refractivity contribution in [2.75, 3.05) is 10.6 Å². The summed E-state index contributed by atoms with van der Waals surface area (Å²) in [6.07, 6.45) is 2.74. The maximum Gasteiger partial charge on any atom is 0.305 e. The molecule has 1 aromatic carbocycles. The van der Waals surface area contributed by atoms with Gasteiger partial charge in [-0.2, -0.15) is 0 Å². The van der Waals surface area contributed by atoms with Crippen molar-refractivity contribution in [3.05, 3.63) is 46.8 Å². The van der Waals surface area contributed by atoms with Crippen molar-refractivity contribution in [1.82, 2.24) is 9.97 Å². The first-order valence-electron chi connectivity index (χ1n) is 7.07. The zero-order valence-corrected chi connectivity index (χ0v) is 12.8. The van der Waals surface area contributed by atoms with Crippen LogP contribution < -0.4 is 10.6 Å². The van der Waals surface area contributed by atoms with E-state index in [1.165, 1.54) is 0 Å². The number of anilines is 3. The van der Waals surface area contributed by atoms with E-state index in [4.69, 9.17) is 0 Å². The normalized spacial score (nSPS) is 10.4. The number of hydrogen-bond donors (Lipinski definition) is 2. The number of nitrogens with zero attached hydrogens (tertiary/aromatic N) is 3. The molecule has 2 N–H and O–H groups in total. The Morgan fingerprint density at radius 2 is 1.74 bits per heavy atom. The Kier molecular flexibility index (Phi) is 5.19. The molecule has 0 bridgehead atoms. The largest absolute Gasteiger partial charge is 0.326 e. The number of nitrogens with one attached hydrogen (secondary N) is 2. The van der Waals surface area contributed by atoms with E-state index in [1.54, 1.807) is 24.3 Å². The molecular weight excluding hydrogens is 298 g/mol. The molecule has 1 aromatic heterocycles. The number of carbonyl (C=O) groups excluding carboxylic acids is 1.